The van der Waals surface area contributed by atoms with E-state index in [1.54, 1.807) is 13.2 Å². The Bertz CT molecular complexity index is 451. The van der Waals surface area contributed by atoms with E-state index in [0.29, 0.717) is 23.3 Å². The molecule has 1 aromatic carbocycles. The van der Waals surface area contributed by atoms with Gasteiger partial charge in [0.25, 0.3) is 5.91 Å². The van der Waals surface area contributed by atoms with Crippen molar-refractivity contribution in [1.29, 1.82) is 0 Å². The lowest BCUT2D eigenvalue weighted by molar-refractivity contribution is 0.0997. The third kappa shape index (κ3) is 3.26. The molecule has 4 nitrogen and oxygen atoms in total. The normalized spacial score (nSPS) is 23.1. The fourth-order valence-corrected chi connectivity index (χ4v) is 2.88. The van der Waals surface area contributed by atoms with Crippen LogP contribution in [0.25, 0.3) is 0 Å². The van der Waals surface area contributed by atoms with Gasteiger partial charge in [-0.2, -0.15) is 0 Å². The van der Waals surface area contributed by atoms with Crippen molar-refractivity contribution >= 4 is 5.91 Å². The van der Waals surface area contributed by atoms with Gasteiger partial charge >= 0.3 is 0 Å². The Morgan fingerprint density at radius 1 is 1.32 bits per heavy atom. The highest BCUT2D eigenvalue weighted by molar-refractivity contribution is 5.96. The van der Waals surface area contributed by atoms with Gasteiger partial charge in [0.15, 0.2) is 0 Å². The molecule has 1 saturated carbocycles. The van der Waals surface area contributed by atoms with Crippen molar-refractivity contribution in [2.45, 2.75) is 38.1 Å². The maximum atomic E-state index is 11.4. The van der Waals surface area contributed by atoms with Gasteiger partial charge in [0.05, 0.1) is 12.7 Å². The van der Waals surface area contributed by atoms with Crippen molar-refractivity contribution in [2.75, 3.05) is 7.11 Å². The standard InChI is InChI=1S/C15H22N2O2/c1-19-14-11(3-2-4-13(14)15(17)18)9-10-5-7-12(16)8-6-10/h2-4,10,12H,5-9,16H2,1H3,(H2,17,18). The van der Waals surface area contributed by atoms with E-state index in [1.165, 1.54) is 0 Å². The summed E-state index contributed by atoms with van der Waals surface area (Å²) in [5, 5.41) is 0. The lowest BCUT2D eigenvalue weighted by Gasteiger charge is -2.26. The number of carbonyl (C=O) groups is 1. The Kier molecular flexibility index (Phi) is 4.43. The highest BCUT2D eigenvalue weighted by Gasteiger charge is 2.21. The summed E-state index contributed by atoms with van der Waals surface area (Å²) in [6, 6.07) is 5.95. The number of carbonyl (C=O) groups excluding carboxylic acids is 1. The van der Waals surface area contributed by atoms with Crippen LogP contribution in [0.3, 0.4) is 0 Å². The number of para-hydroxylation sites is 1. The first-order valence-corrected chi connectivity index (χ1v) is 6.83. The molecule has 4 N–H and O–H groups in total. The summed E-state index contributed by atoms with van der Waals surface area (Å²) < 4.78 is 5.37. The predicted molar refractivity (Wildman–Crippen MR) is 75.1 cm³/mol. The van der Waals surface area contributed by atoms with Crippen molar-refractivity contribution in [3.63, 3.8) is 0 Å². The minimum Gasteiger partial charge on any atom is -0.496 e. The first kappa shape index (κ1) is 13.9. The molecule has 104 valence electrons. The van der Waals surface area contributed by atoms with E-state index in [4.69, 9.17) is 16.2 Å². The fourth-order valence-electron chi connectivity index (χ4n) is 2.88. The first-order valence-electron chi connectivity index (χ1n) is 6.83. The number of amides is 1. The number of methoxy groups -OCH3 is 1. The largest absolute Gasteiger partial charge is 0.496 e. The Balaban J connectivity index is 2.16. The Morgan fingerprint density at radius 3 is 2.58 bits per heavy atom. The summed E-state index contributed by atoms with van der Waals surface area (Å²) in [4.78, 5) is 11.4. The Labute approximate surface area is 114 Å². The van der Waals surface area contributed by atoms with Gasteiger partial charge in [-0.05, 0) is 49.7 Å². The molecule has 1 aliphatic rings. The van der Waals surface area contributed by atoms with E-state index >= 15 is 0 Å². The maximum absolute atomic E-state index is 11.4. The van der Waals surface area contributed by atoms with Crippen molar-refractivity contribution in [3.8, 4) is 5.75 Å². The van der Waals surface area contributed by atoms with Gasteiger partial charge in [0.1, 0.15) is 5.75 Å². The average molecular weight is 262 g/mol. The number of benzene rings is 1. The van der Waals surface area contributed by atoms with E-state index in [1.807, 2.05) is 12.1 Å². The molecule has 1 fully saturated rings. The molecule has 2 rings (SSSR count). The van der Waals surface area contributed by atoms with E-state index < -0.39 is 5.91 Å². The van der Waals surface area contributed by atoms with E-state index in [2.05, 4.69) is 0 Å². The Hall–Kier alpha value is -1.55. The molecule has 4 heteroatoms. The molecule has 0 spiro atoms. The van der Waals surface area contributed by atoms with E-state index in [9.17, 15) is 4.79 Å². The quantitative estimate of drug-likeness (QED) is 0.869. The topological polar surface area (TPSA) is 78.3 Å². The van der Waals surface area contributed by atoms with Crippen molar-refractivity contribution in [3.05, 3.63) is 29.3 Å². The van der Waals surface area contributed by atoms with Gasteiger partial charge in [-0.3, -0.25) is 4.79 Å². The lowest BCUT2D eigenvalue weighted by atomic mass is 9.82. The van der Waals surface area contributed by atoms with Crippen LogP contribution in [0.2, 0.25) is 0 Å². The van der Waals surface area contributed by atoms with Crippen LogP contribution in [0.1, 0.15) is 41.6 Å². The first-order chi connectivity index (χ1) is 9.11. The second kappa shape index (κ2) is 6.06. The van der Waals surface area contributed by atoms with Gasteiger partial charge in [-0.15, -0.1) is 0 Å². The van der Waals surface area contributed by atoms with Crippen molar-refractivity contribution < 1.29 is 9.53 Å². The molecule has 0 aromatic heterocycles. The maximum Gasteiger partial charge on any atom is 0.252 e. The van der Waals surface area contributed by atoms with Crippen LogP contribution in [-0.4, -0.2) is 19.1 Å². The number of hydrogen-bond donors (Lipinski definition) is 2. The molecule has 0 atom stereocenters. The summed E-state index contributed by atoms with van der Waals surface area (Å²) in [6.45, 7) is 0. The molecule has 0 aliphatic heterocycles. The highest BCUT2D eigenvalue weighted by Crippen LogP contribution is 2.31. The van der Waals surface area contributed by atoms with Crippen LogP contribution in [0.15, 0.2) is 18.2 Å². The smallest absolute Gasteiger partial charge is 0.252 e. The third-order valence-corrected chi connectivity index (χ3v) is 3.97. The molecular weight excluding hydrogens is 240 g/mol. The van der Waals surface area contributed by atoms with Gasteiger partial charge in [-0.1, -0.05) is 12.1 Å². The number of rotatable bonds is 4. The molecule has 0 radical (unpaired) electrons. The monoisotopic (exact) mass is 262 g/mol. The number of primary amides is 1. The summed E-state index contributed by atoms with van der Waals surface area (Å²) in [7, 11) is 1.59. The van der Waals surface area contributed by atoms with Crippen molar-refractivity contribution in [2.24, 2.45) is 17.4 Å². The van der Waals surface area contributed by atoms with Gasteiger partial charge in [-0.25, -0.2) is 0 Å². The summed E-state index contributed by atoms with van der Waals surface area (Å²) in [6.07, 6.45) is 5.39. The lowest BCUT2D eigenvalue weighted by Crippen LogP contribution is -2.27. The number of ether oxygens (including phenoxy) is 1. The molecule has 1 aromatic rings. The molecule has 19 heavy (non-hydrogen) atoms. The minimum atomic E-state index is -0.440. The van der Waals surface area contributed by atoms with Gasteiger partial charge in [0.2, 0.25) is 0 Å². The van der Waals surface area contributed by atoms with Crippen LogP contribution >= 0.6 is 0 Å². The fraction of sp³-hybridized carbons (Fsp3) is 0.533. The van der Waals surface area contributed by atoms with Crippen LogP contribution in [0.4, 0.5) is 0 Å². The number of nitrogens with two attached hydrogens (primary N) is 2. The average Bonchev–Trinajstić information content (AvgIpc) is 2.41. The second-order valence-corrected chi connectivity index (χ2v) is 5.35. The van der Waals surface area contributed by atoms with Gasteiger partial charge in [0, 0.05) is 6.04 Å². The summed E-state index contributed by atoms with van der Waals surface area (Å²) in [5.41, 5.74) is 12.8. The zero-order chi connectivity index (χ0) is 13.8. The van der Waals surface area contributed by atoms with Crippen LogP contribution in [-0.2, 0) is 6.42 Å². The highest BCUT2D eigenvalue weighted by atomic mass is 16.5. The number of hydrogen-bond acceptors (Lipinski definition) is 3. The molecule has 1 aliphatic carbocycles. The molecule has 0 bridgehead atoms. The summed E-state index contributed by atoms with van der Waals surface area (Å²) >= 11 is 0. The van der Waals surface area contributed by atoms with Gasteiger partial charge < -0.3 is 16.2 Å². The minimum absolute atomic E-state index is 0.357. The molecule has 0 heterocycles. The zero-order valence-corrected chi connectivity index (χ0v) is 11.4. The molecule has 0 unspecified atom stereocenters. The van der Waals surface area contributed by atoms with Crippen molar-refractivity contribution in [1.82, 2.24) is 0 Å². The SMILES string of the molecule is COc1c(CC2CCC(N)CC2)cccc1C(N)=O. The van der Waals surface area contributed by atoms with Crippen LogP contribution in [0.5, 0.6) is 5.75 Å². The van der Waals surface area contributed by atoms with E-state index in [0.717, 1.165) is 37.7 Å². The molecule has 1 amide bonds. The third-order valence-electron chi connectivity index (χ3n) is 3.97. The van der Waals surface area contributed by atoms with E-state index in [-0.39, 0.29) is 0 Å². The predicted octanol–water partition coefficient (Wildman–Crippen LogP) is 1.85. The second-order valence-electron chi connectivity index (χ2n) is 5.35. The molecular formula is C15H22N2O2. The summed E-state index contributed by atoms with van der Waals surface area (Å²) in [5.74, 6) is 0.811. The van der Waals surface area contributed by atoms with Crippen LogP contribution in [0, 0.1) is 5.92 Å². The van der Waals surface area contributed by atoms with Crippen LogP contribution < -0.4 is 16.2 Å². The Morgan fingerprint density at radius 2 is 2.00 bits per heavy atom. The molecule has 0 saturated heterocycles. The zero-order valence-electron chi connectivity index (χ0n) is 11.4.